The summed E-state index contributed by atoms with van der Waals surface area (Å²) in [4.78, 5) is 19.3. The quantitative estimate of drug-likeness (QED) is 0.544. The standard InChI is InChI=1S/C25H39F3N4O2/c1-19(2)32-11-9-23(20(18-32)7-8-24(33)29-10-16-34-3)31-14-12-30(13-15-31)22-6-4-5-21(17-22)25(26,27)28/h4-6,17,19-20,23H,7-16,18H2,1-3H3,(H,29,33)/t20-,23+/m1/s1. The molecule has 192 valence electrons. The number of nitrogens with zero attached hydrogens (tertiary/aromatic N) is 3. The van der Waals surface area contributed by atoms with E-state index in [0.29, 0.717) is 56.4 Å². The van der Waals surface area contributed by atoms with Crippen LogP contribution in [0.5, 0.6) is 0 Å². The predicted octanol–water partition coefficient (Wildman–Crippen LogP) is 3.47. The monoisotopic (exact) mass is 484 g/mol. The molecule has 0 unspecified atom stereocenters. The Labute approximate surface area is 201 Å². The lowest BCUT2D eigenvalue weighted by atomic mass is 9.86. The molecule has 2 aliphatic rings. The van der Waals surface area contributed by atoms with Crippen LogP contribution in [0.1, 0.15) is 38.7 Å². The van der Waals surface area contributed by atoms with E-state index in [4.69, 9.17) is 4.74 Å². The van der Waals surface area contributed by atoms with Crippen LogP contribution in [0, 0.1) is 5.92 Å². The van der Waals surface area contributed by atoms with Gasteiger partial charge in [0.25, 0.3) is 0 Å². The lowest BCUT2D eigenvalue weighted by molar-refractivity contribution is -0.137. The van der Waals surface area contributed by atoms with Gasteiger partial charge in [-0.25, -0.2) is 0 Å². The first-order valence-electron chi connectivity index (χ1n) is 12.3. The number of halogens is 3. The molecule has 2 aliphatic heterocycles. The molecule has 9 heteroatoms. The maximum Gasteiger partial charge on any atom is 0.416 e. The van der Waals surface area contributed by atoms with Gasteiger partial charge in [-0.2, -0.15) is 13.2 Å². The normalized spacial score (nSPS) is 22.9. The van der Waals surface area contributed by atoms with E-state index in [2.05, 4.69) is 29.0 Å². The molecule has 2 heterocycles. The highest BCUT2D eigenvalue weighted by atomic mass is 19.4. The number of benzene rings is 1. The van der Waals surface area contributed by atoms with Crippen LogP contribution in [0.4, 0.5) is 18.9 Å². The summed E-state index contributed by atoms with van der Waals surface area (Å²) in [7, 11) is 1.62. The second kappa shape index (κ2) is 12.2. The van der Waals surface area contributed by atoms with E-state index in [-0.39, 0.29) is 5.91 Å². The zero-order valence-electron chi connectivity index (χ0n) is 20.6. The van der Waals surface area contributed by atoms with E-state index in [0.717, 1.165) is 45.1 Å². The van der Waals surface area contributed by atoms with Crippen LogP contribution in [-0.4, -0.2) is 87.3 Å². The third kappa shape index (κ3) is 7.33. The molecule has 1 aromatic rings. The van der Waals surface area contributed by atoms with Gasteiger partial charge in [0, 0.05) is 70.6 Å². The fourth-order valence-corrected chi connectivity index (χ4v) is 5.17. The highest BCUT2D eigenvalue weighted by Gasteiger charge is 2.36. The van der Waals surface area contributed by atoms with Gasteiger partial charge in [0.05, 0.1) is 12.2 Å². The average Bonchev–Trinajstić information content (AvgIpc) is 2.82. The minimum Gasteiger partial charge on any atom is -0.383 e. The minimum atomic E-state index is -4.33. The zero-order chi connectivity index (χ0) is 24.7. The van der Waals surface area contributed by atoms with Gasteiger partial charge < -0.3 is 19.9 Å². The average molecular weight is 485 g/mol. The van der Waals surface area contributed by atoms with Crippen molar-refractivity contribution in [2.75, 3.05) is 64.4 Å². The number of nitrogens with one attached hydrogen (secondary N) is 1. The lowest BCUT2D eigenvalue weighted by Gasteiger charge is -2.48. The van der Waals surface area contributed by atoms with E-state index in [1.807, 2.05) is 4.90 Å². The van der Waals surface area contributed by atoms with E-state index >= 15 is 0 Å². The van der Waals surface area contributed by atoms with Crippen molar-refractivity contribution in [2.24, 2.45) is 5.92 Å². The molecule has 3 rings (SSSR count). The number of hydrogen-bond donors (Lipinski definition) is 1. The van der Waals surface area contributed by atoms with Crippen LogP contribution in [-0.2, 0) is 15.7 Å². The fourth-order valence-electron chi connectivity index (χ4n) is 5.17. The van der Waals surface area contributed by atoms with Gasteiger partial charge >= 0.3 is 6.18 Å². The van der Waals surface area contributed by atoms with E-state index in [9.17, 15) is 18.0 Å². The molecule has 2 fully saturated rings. The first-order chi connectivity index (χ1) is 16.2. The van der Waals surface area contributed by atoms with Gasteiger partial charge in [-0.3, -0.25) is 9.69 Å². The van der Waals surface area contributed by atoms with Crippen molar-refractivity contribution in [1.82, 2.24) is 15.1 Å². The summed E-state index contributed by atoms with van der Waals surface area (Å²) in [5, 5.41) is 2.91. The summed E-state index contributed by atoms with van der Waals surface area (Å²) in [5.74, 6) is 0.455. The Morgan fingerprint density at radius 3 is 2.56 bits per heavy atom. The number of alkyl halides is 3. The number of carbonyl (C=O) groups is 1. The minimum absolute atomic E-state index is 0.0619. The number of rotatable bonds is 9. The molecule has 1 N–H and O–H groups in total. The Morgan fingerprint density at radius 2 is 1.91 bits per heavy atom. The maximum atomic E-state index is 13.1. The lowest BCUT2D eigenvalue weighted by Crippen LogP contribution is -2.57. The summed E-state index contributed by atoms with van der Waals surface area (Å²) in [6.45, 7) is 10.5. The largest absolute Gasteiger partial charge is 0.416 e. The van der Waals surface area contributed by atoms with Crippen molar-refractivity contribution in [3.63, 3.8) is 0 Å². The van der Waals surface area contributed by atoms with Crippen LogP contribution >= 0.6 is 0 Å². The molecule has 0 bridgehead atoms. The van der Waals surface area contributed by atoms with Crippen molar-refractivity contribution in [3.8, 4) is 0 Å². The molecule has 34 heavy (non-hydrogen) atoms. The molecule has 0 spiro atoms. The number of piperidine rings is 1. The number of amides is 1. The van der Waals surface area contributed by atoms with Crippen molar-refractivity contribution in [3.05, 3.63) is 29.8 Å². The molecular weight excluding hydrogens is 445 g/mol. The van der Waals surface area contributed by atoms with Gasteiger partial charge in [-0.1, -0.05) is 6.07 Å². The molecule has 1 amide bonds. The Kier molecular flexibility index (Phi) is 9.62. The second-order valence-electron chi connectivity index (χ2n) is 9.66. The van der Waals surface area contributed by atoms with Gasteiger partial charge in [0.15, 0.2) is 0 Å². The molecule has 1 aromatic carbocycles. The van der Waals surface area contributed by atoms with Crippen molar-refractivity contribution in [2.45, 2.75) is 51.4 Å². The number of likely N-dealkylation sites (tertiary alicyclic amines) is 1. The molecule has 6 nitrogen and oxygen atoms in total. The predicted molar refractivity (Wildman–Crippen MR) is 128 cm³/mol. The van der Waals surface area contributed by atoms with E-state index in [1.54, 1.807) is 13.2 Å². The molecule has 2 atom stereocenters. The third-order valence-electron chi connectivity index (χ3n) is 7.15. The zero-order valence-corrected chi connectivity index (χ0v) is 20.6. The highest BCUT2D eigenvalue weighted by molar-refractivity contribution is 5.75. The molecule has 0 saturated carbocycles. The number of methoxy groups -OCH3 is 1. The third-order valence-corrected chi connectivity index (χ3v) is 7.15. The summed E-state index contributed by atoms with van der Waals surface area (Å²) < 4.78 is 44.4. The SMILES string of the molecule is COCCNC(=O)CC[C@@H]1CN(C(C)C)CC[C@@H]1N1CCN(c2cccc(C(F)(F)F)c2)CC1. The number of anilines is 1. The summed E-state index contributed by atoms with van der Waals surface area (Å²) in [6, 6.07) is 6.49. The topological polar surface area (TPSA) is 48.1 Å². The Bertz CT molecular complexity index is 782. The van der Waals surface area contributed by atoms with E-state index < -0.39 is 11.7 Å². The van der Waals surface area contributed by atoms with Crippen molar-refractivity contribution < 1.29 is 22.7 Å². The van der Waals surface area contributed by atoms with Crippen LogP contribution in [0.3, 0.4) is 0 Å². The smallest absolute Gasteiger partial charge is 0.383 e. The number of carbonyl (C=O) groups excluding carboxylic acids is 1. The van der Waals surface area contributed by atoms with Gasteiger partial charge in [0.1, 0.15) is 0 Å². The highest BCUT2D eigenvalue weighted by Crippen LogP contribution is 2.33. The number of ether oxygens (including phenoxy) is 1. The van der Waals surface area contributed by atoms with Crippen LogP contribution < -0.4 is 10.2 Å². The van der Waals surface area contributed by atoms with Crippen molar-refractivity contribution >= 4 is 11.6 Å². The Morgan fingerprint density at radius 1 is 1.18 bits per heavy atom. The van der Waals surface area contributed by atoms with Crippen molar-refractivity contribution in [1.29, 1.82) is 0 Å². The molecule has 2 saturated heterocycles. The molecule has 0 aliphatic carbocycles. The molecular formula is C25H39F3N4O2. The number of piperazine rings is 1. The van der Waals surface area contributed by atoms with Crippen LogP contribution in [0.2, 0.25) is 0 Å². The van der Waals surface area contributed by atoms with Crippen LogP contribution in [0.25, 0.3) is 0 Å². The first kappa shape index (κ1) is 26.8. The van der Waals surface area contributed by atoms with Crippen LogP contribution in [0.15, 0.2) is 24.3 Å². The molecule has 0 radical (unpaired) electrons. The summed E-state index contributed by atoms with van der Waals surface area (Å²) in [5.41, 5.74) is 0.0331. The van der Waals surface area contributed by atoms with E-state index in [1.165, 1.54) is 12.1 Å². The number of hydrogen-bond acceptors (Lipinski definition) is 5. The summed E-state index contributed by atoms with van der Waals surface area (Å²) >= 11 is 0. The Hall–Kier alpha value is -1.84. The second-order valence-corrected chi connectivity index (χ2v) is 9.66. The Balaban J connectivity index is 1.59. The van der Waals surface area contributed by atoms with Gasteiger partial charge in [0.2, 0.25) is 5.91 Å². The fraction of sp³-hybridized carbons (Fsp3) is 0.720. The van der Waals surface area contributed by atoms with Gasteiger partial charge in [-0.15, -0.1) is 0 Å². The summed E-state index contributed by atoms with van der Waals surface area (Å²) in [6.07, 6.45) is -1.94. The maximum absolute atomic E-state index is 13.1. The van der Waals surface area contributed by atoms with Gasteiger partial charge in [-0.05, 0) is 57.4 Å². The first-order valence-corrected chi connectivity index (χ1v) is 12.3. The molecule has 0 aromatic heterocycles.